The molecular formula is C25H33N3O5S. The molecule has 1 saturated carbocycles. The van der Waals surface area contributed by atoms with Gasteiger partial charge in [-0.2, -0.15) is 0 Å². The number of hydrogen-bond donors (Lipinski definition) is 0. The van der Waals surface area contributed by atoms with Crippen LogP contribution in [0.5, 0.6) is 5.75 Å². The van der Waals surface area contributed by atoms with E-state index in [-0.39, 0.29) is 22.9 Å². The molecule has 34 heavy (non-hydrogen) atoms. The number of nitrogens with zero attached hydrogens (tertiary/aromatic N) is 3. The average molecular weight is 488 g/mol. The lowest BCUT2D eigenvalue weighted by molar-refractivity contribution is -0.122. The lowest BCUT2D eigenvalue weighted by Gasteiger charge is -2.16. The van der Waals surface area contributed by atoms with E-state index in [0.717, 1.165) is 25.7 Å². The van der Waals surface area contributed by atoms with Crippen molar-refractivity contribution >= 4 is 27.2 Å². The molecule has 1 aromatic heterocycles. The lowest BCUT2D eigenvalue weighted by atomic mass is 10.1. The number of Topliss-reactive ketones (excluding diaryl/α,β-unsaturated/α-hetero) is 1. The standard InChI is InChI=1S/C19H19N3O3.C6H14O2S/c1-12-20-10-15(11-21-12)22-9-8-17(19(22)24)25-16-6-4-14(5-7-16)18(23)13-2-3-13;1-4-6(5-2)9(3,7)8/h4-7,10-11,13,17H,2-3,8-9H2,1H3;6H,4-5H2,1-3H3/t17-;/m1./s1. The predicted octanol–water partition coefficient (Wildman–Crippen LogP) is 3.78. The molecule has 8 nitrogen and oxygen atoms in total. The highest BCUT2D eigenvalue weighted by molar-refractivity contribution is 7.91. The Kier molecular flexibility index (Phi) is 8.41. The van der Waals surface area contributed by atoms with Gasteiger partial charge < -0.3 is 9.64 Å². The molecule has 0 radical (unpaired) electrons. The predicted molar refractivity (Wildman–Crippen MR) is 131 cm³/mol. The average Bonchev–Trinajstić information content (AvgIpc) is 3.59. The summed E-state index contributed by atoms with van der Waals surface area (Å²) in [7, 11) is -2.77. The van der Waals surface area contributed by atoms with Crippen molar-refractivity contribution in [2.45, 2.75) is 64.2 Å². The zero-order valence-corrected chi connectivity index (χ0v) is 21.0. The highest BCUT2D eigenvalue weighted by atomic mass is 32.2. The molecular weight excluding hydrogens is 454 g/mol. The van der Waals surface area contributed by atoms with Gasteiger partial charge in [-0.3, -0.25) is 9.59 Å². The van der Waals surface area contributed by atoms with E-state index in [4.69, 9.17) is 4.74 Å². The molecule has 0 bridgehead atoms. The number of carbonyl (C=O) groups excluding carboxylic acids is 2. The first-order chi connectivity index (χ1) is 16.1. The van der Waals surface area contributed by atoms with Crippen molar-refractivity contribution in [1.82, 2.24) is 9.97 Å². The summed E-state index contributed by atoms with van der Waals surface area (Å²) in [5.41, 5.74) is 1.40. The van der Waals surface area contributed by atoms with Crippen molar-refractivity contribution in [2.24, 2.45) is 5.92 Å². The smallest absolute Gasteiger partial charge is 0.268 e. The minimum atomic E-state index is -2.77. The van der Waals surface area contributed by atoms with Gasteiger partial charge in [0.25, 0.3) is 5.91 Å². The largest absolute Gasteiger partial charge is 0.481 e. The van der Waals surface area contributed by atoms with Crippen LogP contribution >= 0.6 is 0 Å². The third-order valence-electron chi connectivity index (χ3n) is 6.12. The van der Waals surface area contributed by atoms with Gasteiger partial charge in [0.1, 0.15) is 21.4 Å². The molecule has 0 spiro atoms. The fraction of sp³-hybridized carbons (Fsp3) is 0.520. The Morgan fingerprint density at radius 1 is 1.09 bits per heavy atom. The second-order valence-electron chi connectivity index (χ2n) is 8.80. The number of rotatable bonds is 8. The topological polar surface area (TPSA) is 107 Å². The minimum Gasteiger partial charge on any atom is -0.481 e. The summed E-state index contributed by atoms with van der Waals surface area (Å²) in [6, 6.07) is 7.09. The second-order valence-corrected chi connectivity index (χ2v) is 11.1. The van der Waals surface area contributed by atoms with Crippen molar-refractivity contribution in [3.05, 3.63) is 48.0 Å². The van der Waals surface area contributed by atoms with E-state index in [9.17, 15) is 18.0 Å². The fourth-order valence-electron chi connectivity index (χ4n) is 3.88. The Bertz CT molecular complexity index is 1090. The van der Waals surface area contributed by atoms with Crippen LogP contribution in [-0.4, -0.2) is 54.2 Å². The van der Waals surface area contributed by atoms with E-state index in [1.54, 1.807) is 48.5 Å². The normalized spacial score (nSPS) is 18.0. The number of aromatic nitrogens is 2. The molecule has 1 atom stereocenters. The van der Waals surface area contributed by atoms with E-state index in [1.807, 2.05) is 13.8 Å². The van der Waals surface area contributed by atoms with Crippen molar-refractivity contribution in [2.75, 3.05) is 17.7 Å². The molecule has 1 aliphatic heterocycles. The van der Waals surface area contributed by atoms with Gasteiger partial charge in [0.15, 0.2) is 11.9 Å². The highest BCUT2D eigenvalue weighted by Gasteiger charge is 2.35. The van der Waals surface area contributed by atoms with Crippen LogP contribution in [-0.2, 0) is 14.6 Å². The Hall–Kier alpha value is -2.81. The van der Waals surface area contributed by atoms with Crippen LogP contribution in [0.2, 0.25) is 0 Å². The van der Waals surface area contributed by atoms with E-state index in [2.05, 4.69) is 9.97 Å². The molecule has 1 saturated heterocycles. The molecule has 1 aromatic carbocycles. The number of carbonyl (C=O) groups is 2. The first kappa shape index (κ1) is 25.8. The van der Waals surface area contributed by atoms with Crippen LogP contribution in [0.25, 0.3) is 0 Å². The molecule has 1 aliphatic carbocycles. The van der Waals surface area contributed by atoms with Crippen LogP contribution in [0.1, 0.15) is 62.1 Å². The fourth-order valence-corrected chi connectivity index (χ4v) is 5.09. The summed E-state index contributed by atoms with van der Waals surface area (Å²) in [6.07, 6.45) is 8.14. The van der Waals surface area contributed by atoms with Crippen LogP contribution in [0.3, 0.4) is 0 Å². The molecule has 2 heterocycles. The van der Waals surface area contributed by atoms with E-state index in [0.29, 0.717) is 35.8 Å². The van der Waals surface area contributed by atoms with Crippen molar-refractivity contribution in [3.8, 4) is 5.75 Å². The van der Waals surface area contributed by atoms with Gasteiger partial charge in [-0.15, -0.1) is 0 Å². The van der Waals surface area contributed by atoms with Crippen molar-refractivity contribution < 1.29 is 22.7 Å². The summed E-state index contributed by atoms with van der Waals surface area (Å²) in [4.78, 5) is 34.5. The summed E-state index contributed by atoms with van der Waals surface area (Å²) < 4.78 is 27.4. The van der Waals surface area contributed by atoms with E-state index < -0.39 is 15.9 Å². The number of anilines is 1. The molecule has 4 rings (SSSR count). The second kappa shape index (κ2) is 11.1. The van der Waals surface area contributed by atoms with Gasteiger partial charge >= 0.3 is 0 Å². The Morgan fingerprint density at radius 2 is 1.68 bits per heavy atom. The molecule has 9 heteroatoms. The number of aryl methyl sites for hydroxylation is 1. The first-order valence-electron chi connectivity index (χ1n) is 11.7. The quantitative estimate of drug-likeness (QED) is 0.522. The monoisotopic (exact) mass is 487 g/mol. The first-order valence-corrected chi connectivity index (χ1v) is 13.7. The number of benzene rings is 1. The Morgan fingerprint density at radius 3 is 2.15 bits per heavy atom. The molecule has 184 valence electrons. The number of amides is 1. The van der Waals surface area contributed by atoms with Crippen molar-refractivity contribution in [1.29, 1.82) is 0 Å². The number of ketones is 1. The number of hydrogen-bond acceptors (Lipinski definition) is 7. The van der Waals surface area contributed by atoms with Crippen LogP contribution in [0, 0.1) is 12.8 Å². The number of ether oxygens (including phenoxy) is 1. The Balaban J connectivity index is 0.000000309. The zero-order chi connectivity index (χ0) is 24.9. The maximum atomic E-state index is 12.6. The van der Waals surface area contributed by atoms with Gasteiger partial charge in [0.2, 0.25) is 0 Å². The van der Waals surface area contributed by atoms with Gasteiger partial charge in [0, 0.05) is 30.7 Å². The maximum Gasteiger partial charge on any atom is 0.268 e. The number of sulfone groups is 1. The van der Waals surface area contributed by atoms with Gasteiger partial charge in [-0.05, 0) is 56.9 Å². The van der Waals surface area contributed by atoms with Crippen LogP contribution < -0.4 is 9.64 Å². The van der Waals surface area contributed by atoms with E-state index >= 15 is 0 Å². The summed E-state index contributed by atoms with van der Waals surface area (Å²) in [5.74, 6) is 1.59. The molecule has 1 amide bonds. The van der Waals surface area contributed by atoms with Gasteiger partial charge in [-0.1, -0.05) is 13.8 Å². The summed E-state index contributed by atoms with van der Waals surface area (Å²) in [5, 5.41) is -0.127. The lowest BCUT2D eigenvalue weighted by Crippen LogP contribution is -2.32. The van der Waals surface area contributed by atoms with Crippen LogP contribution in [0.4, 0.5) is 5.69 Å². The SMILES string of the molecule is CCC(CC)S(C)(=O)=O.Cc1ncc(N2CC[C@@H](Oc3ccc(C(=O)C4CC4)cc3)C2=O)cn1. The molecule has 0 unspecified atom stereocenters. The van der Waals surface area contributed by atoms with E-state index in [1.165, 1.54) is 6.26 Å². The molecule has 2 aromatic rings. The summed E-state index contributed by atoms with van der Waals surface area (Å²) >= 11 is 0. The third kappa shape index (κ3) is 6.62. The molecule has 2 aliphatic rings. The van der Waals surface area contributed by atoms with Crippen molar-refractivity contribution in [3.63, 3.8) is 0 Å². The highest BCUT2D eigenvalue weighted by Crippen LogP contribution is 2.33. The maximum absolute atomic E-state index is 12.6. The molecule has 0 N–H and O–H groups in total. The van der Waals surface area contributed by atoms with Gasteiger partial charge in [0.05, 0.1) is 23.3 Å². The third-order valence-corrected chi connectivity index (χ3v) is 7.99. The zero-order valence-electron chi connectivity index (χ0n) is 20.2. The molecule has 2 fully saturated rings. The van der Waals surface area contributed by atoms with Gasteiger partial charge in [-0.25, -0.2) is 18.4 Å². The van der Waals surface area contributed by atoms with Crippen LogP contribution in [0.15, 0.2) is 36.7 Å². The Labute approximate surface area is 201 Å². The minimum absolute atomic E-state index is 0.0920. The summed E-state index contributed by atoms with van der Waals surface area (Å²) in [6.45, 7) is 6.18.